The molecule has 1 fully saturated rings. The summed E-state index contributed by atoms with van der Waals surface area (Å²) in [5, 5.41) is 14.7. The molecule has 0 aliphatic carbocycles. The molecule has 0 radical (unpaired) electrons. The van der Waals surface area contributed by atoms with Gasteiger partial charge in [0.2, 0.25) is 11.8 Å². The number of nitrogens with one attached hydrogen (secondary N) is 1. The van der Waals surface area contributed by atoms with Crippen LogP contribution >= 0.6 is 11.3 Å². The molecule has 10 nitrogen and oxygen atoms in total. The van der Waals surface area contributed by atoms with E-state index in [1.807, 2.05) is 87.4 Å². The number of aliphatic imine (C=N–C) groups is 1. The van der Waals surface area contributed by atoms with Crippen LogP contribution in [0.3, 0.4) is 0 Å². The Hall–Kier alpha value is -4.38. The Morgan fingerprint density at radius 2 is 1.84 bits per heavy atom. The van der Waals surface area contributed by atoms with Crippen LogP contribution in [0.1, 0.15) is 84.7 Å². The third kappa shape index (κ3) is 6.57. The van der Waals surface area contributed by atoms with Crippen molar-refractivity contribution >= 4 is 29.0 Å². The molecule has 11 heteroatoms. The van der Waals surface area contributed by atoms with E-state index in [0.717, 1.165) is 40.4 Å². The summed E-state index contributed by atoms with van der Waals surface area (Å²) in [7, 11) is 0. The fourth-order valence-corrected chi connectivity index (χ4v) is 6.43. The zero-order valence-electron chi connectivity index (χ0n) is 25.6. The van der Waals surface area contributed by atoms with Crippen molar-refractivity contribution in [3.05, 3.63) is 87.2 Å². The van der Waals surface area contributed by atoms with E-state index in [2.05, 4.69) is 25.5 Å². The van der Waals surface area contributed by atoms with E-state index in [0.29, 0.717) is 30.6 Å². The molecule has 0 saturated carbocycles. The molecule has 2 aromatic carbocycles. The molecule has 2 aromatic heterocycles. The highest BCUT2D eigenvalue weighted by atomic mass is 32.1. The molecule has 0 spiro atoms. The van der Waals surface area contributed by atoms with Crippen molar-refractivity contribution in [2.24, 2.45) is 4.99 Å². The molecule has 228 valence electrons. The smallest absolute Gasteiger partial charge is 0.408 e. The lowest BCUT2D eigenvalue weighted by atomic mass is 9.92. The standard InChI is InChI=1S/C33H36N6O4S/c1-20-19-44-28(35-20)26-12-9-13-39(26)29(40)24-15-22(25-18-34-25)14-23(16-24)27-37-38-30(42-27)33(5,17-21-10-7-6-8-11-21)36-31(41)43-32(2,3)4/h6-8,10-11,14-16,19,26H,9,12-13,17-18H2,1-5H3,(H,36,41). The Balaban J connectivity index is 1.33. The Morgan fingerprint density at radius 3 is 2.52 bits per heavy atom. The Bertz CT molecular complexity index is 1720. The van der Waals surface area contributed by atoms with E-state index >= 15 is 0 Å². The number of alkyl carbamates (subject to hydrolysis) is 1. The highest BCUT2D eigenvalue weighted by Crippen LogP contribution is 2.36. The molecule has 4 aromatic rings. The number of hydrogen-bond acceptors (Lipinski definition) is 9. The van der Waals surface area contributed by atoms with Gasteiger partial charge in [0, 0.05) is 35.2 Å². The monoisotopic (exact) mass is 612 g/mol. The van der Waals surface area contributed by atoms with Gasteiger partial charge in [-0.15, -0.1) is 21.5 Å². The average Bonchev–Trinajstić information content (AvgIpc) is 3.32. The first-order valence-corrected chi connectivity index (χ1v) is 15.7. The minimum atomic E-state index is -1.07. The van der Waals surface area contributed by atoms with Crippen LogP contribution in [-0.2, 0) is 16.7 Å². The molecular weight excluding hydrogens is 576 g/mol. The van der Waals surface area contributed by atoms with Crippen LogP contribution in [0.2, 0.25) is 0 Å². The summed E-state index contributed by atoms with van der Waals surface area (Å²) < 4.78 is 11.8. The van der Waals surface area contributed by atoms with E-state index in [4.69, 9.17) is 9.15 Å². The van der Waals surface area contributed by atoms with Gasteiger partial charge in [0.05, 0.1) is 18.3 Å². The minimum absolute atomic E-state index is 0.0424. The van der Waals surface area contributed by atoms with Crippen LogP contribution in [0, 0.1) is 6.92 Å². The number of carbonyl (C=O) groups excluding carboxylic acids is 2. The third-order valence-corrected chi connectivity index (χ3v) is 8.65. The first-order valence-electron chi connectivity index (χ1n) is 14.8. The molecule has 2 amide bonds. The number of benzene rings is 2. The summed E-state index contributed by atoms with van der Waals surface area (Å²) in [5.41, 5.74) is 3.11. The van der Waals surface area contributed by atoms with Gasteiger partial charge in [-0.3, -0.25) is 9.79 Å². The van der Waals surface area contributed by atoms with Gasteiger partial charge in [-0.25, -0.2) is 9.78 Å². The van der Waals surface area contributed by atoms with Crippen LogP contribution < -0.4 is 5.32 Å². The Morgan fingerprint density at radius 1 is 1.09 bits per heavy atom. The zero-order chi connectivity index (χ0) is 31.1. The number of aryl methyl sites for hydroxylation is 1. The van der Waals surface area contributed by atoms with Crippen molar-refractivity contribution in [3.8, 4) is 11.5 Å². The fraction of sp³-hybridized carbons (Fsp3) is 0.394. The van der Waals surface area contributed by atoms with E-state index in [1.165, 1.54) is 0 Å². The molecule has 2 unspecified atom stereocenters. The van der Waals surface area contributed by atoms with Crippen molar-refractivity contribution < 1.29 is 18.7 Å². The van der Waals surface area contributed by atoms with Gasteiger partial charge in [-0.2, -0.15) is 0 Å². The second-order valence-corrected chi connectivity index (χ2v) is 13.5. The number of nitrogens with zero attached hydrogens (tertiary/aromatic N) is 5. The number of amides is 2. The molecular formula is C33H36N6O4S. The summed E-state index contributed by atoms with van der Waals surface area (Å²) in [5.74, 6) is 0.406. The van der Waals surface area contributed by atoms with E-state index in [9.17, 15) is 9.59 Å². The number of carbonyl (C=O) groups is 2. The molecule has 2 atom stereocenters. The lowest BCUT2D eigenvalue weighted by Gasteiger charge is -2.29. The molecule has 1 N–H and O–H groups in total. The highest BCUT2D eigenvalue weighted by molar-refractivity contribution is 7.09. The first-order chi connectivity index (χ1) is 21.0. The van der Waals surface area contributed by atoms with Gasteiger partial charge in [0.25, 0.3) is 5.91 Å². The SMILES string of the molecule is Cc1csc(C2CCCN2C(=O)c2cc(C3=NC3)cc(-c3nnc(C(C)(Cc4ccccc4)NC(=O)OC(C)(C)C)o3)c2)n1. The molecule has 1 saturated heterocycles. The fourth-order valence-electron chi connectivity index (χ4n) is 5.49. The van der Waals surface area contributed by atoms with Crippen molar-refractivity contribution in [2.45, 2.75) is 71.1 Å². The van der Waals surface area contributed by atoms with Crippen molar-refractivity contribution in [1.82, 2.24) is 25.4 Å². The van der Waals surface area contributed by atoms with Gasteiger partial charge in [0.1, 0.15) is 16.1 Å². The maximum Gasteiger partial charge on any atom is 0.408 e. The highest BCUT2D eigenvalue weighted by Gasteiger charge is 2.37. The lowest BCUT2D eigenvalue weighted by Crippen LogP contribution is -2.47. The molecule has 2 aliphatic rings. The van der Waals surface area contributed by atoms with Crippen LogP contribution in [0.15, 0.2) is 63.3 Å². The number of likely N-dealkylation sites (tertiary alicyclic amines) is 1. The van der Waals surface area contributed by atoms with E-state index in [1.54, 1.807) is 17.4 Å². The zero-order valence-corrected chi connectivity index (χ0v) is 26.4. The predicted molar refractivity (Wildman–Crippen MR) is 168 cm³/mol. The molecule has 2 aliphatic heterocycles. The van der Waals surface area contributed by atoms with Crippen LogP contribution in [0.4, 0.5) is 4.79 Å². The van der Waals surface area contributed by atoms with Gasteiger partial charge in [-0.05, 0) is 76.8 Å². The average molecular weight is 613 g/mol. The van der Waals surface area contributed by atoms with Crippen LogP contribution in [-0.4, -0.2) is 56.5 Å². The number of hydrogen-bond donors (Lipinski definition) is 1. The normalized spacial score (nSPS) is 17.6. The van der Waals surface area contributed by atoms with Crippen LogP contribution in [0.5, 0.6) is 0 Å². The maximum atomic E-state index is 14.0. The van der Waals surface area contributed by atoms with Crippen molar-refractivity contribution in [3.63, 3.8) is 0 Å². The molecule has 4 heterocycles. The summed E-state index contributed by atoms with van der Waals surface area (Å²) >= 11 is 1.60. The Kier molecular flexibility index (Phi) is 7.83. The molecule has 44 heavy (non-hydrogen) atoms. The van der Waals surface area contributed by atoms with Gasteiger partial charge in [-0.1, -0.05) is 30.3 Å². The lowest BCUT2D eigenvalue weighted by molar-refractivity contribution is 0.0443. The van der Waals surface area contributed by atoms with Gasteiger partial charge >= 0.3 is 6.09 Å². The maximum absolute atomic E-state index is 14.0. The van der Waals surface area contributed by atoms with Crippen molar-refractivity contribution in [1.29, 1.82) is 0 Å². The second-order valence-electron chi connectivity index (χ2n) is 12.6. The summed E-state index contributed by atoms with van der Waals surface area (Å²) in [4.78, 5) is 37.9. The van der Waals surface area contributed by atoms with Gasteiger partial charge < -0.3 is 19.4 Å². The number of aromatic nitrogens is 3. The molecule has 0 bridgehead atoms. The van der Waals surface area contributed by atoms with E-state index in [-0.39, 0.29) is 23.7 Å². The largest absolute Gasteiger partial charge is 0.444 e. The van der Waals surface area contributed by atoms with Gasteiger partial charge in [0.15, 0.2) is 0 Å². The first kappa shape index (κ1) is 29.7. The van der Waals surface area contributed by atoms with Crippen molar-refractivity contribution in [2.75, 3.05) is 13.1 Å². The van der Waals surface area contributed by atoms with E-state index < -0.39 is 17.2 Å². The number of ether oxygens (including phenoxy) is 1. The second kappa shape index (κ2) is 11.6. The minimum Gasteiger partial charge on any atom is -0.444 e. The third-order valence-electron chi connectivity index (χ3n) is 7.59. The van der Waals surface area contributed by atoms with Crippen LogP contribution in [0.25, 0.3) is 11.5 Å². The summed E-state index contributed by atoms with van der Waals surface area (Å²) in [6.45, 7) is 10.5. The topological polar surface area (TPSA) is 123 Å². The summed E-state index contributed by atoms with van der Waals surface area (Å²) in [6.07, 6.45) is 1.61. The number of thiazole rings is 1. The number of rotatable bonds is 8. The molecule has 6 rings (SSSR count). The Labute approximate surface area is 260 Å². The summed E-state index contributed by atoms with van der Waals surface area (Å²) in [6, 6.07) is 15.3. The predicted octanol–water partition coefficient (Wildman–Crippen LogP) is 6.26. The quantitative estimate of drug-likeness (QED) is 0.249.